The molecule has 10 nitrogen and oxygen atoms in total. The molecule has 0 radical (unpaired) electrons. The highest BCUT2D eigenvalue weighted by Crippen LogP contribution is 2.34. The molecule has 1 N–H and O–H groups in total. The third kappa shape index (κ3) is 4.42. The summed E-state index contributed by atoms with van der Waals surface area (Å²) in [7, 11) is 1.69. The van der Waals surface area contributed by atoms with Gasteiger partial charge in [-0.25, -0.2) is 4.79 Å². The van der Waals surface area contributed by atoms with Crippen molar-refractivity contribution in [3.63, 3.8) is 0 Å². The molecule has 0 spiro atoms. The second kappa shape index (κ2) is 8.17. The van der Waals surface area contributed by atoms with Crippen molar-refractivity contribution >= 4 is 29.7 Å². The van der Waals surface area contributed by atoms with E-state index in [1.165, 1.54) is 12.1 Å². The van der Waals surface area contributed by atoms with Gasteiger partial charge in [0.15, 0.2) is 0 Å². The number of fused-ring (bicyclic) bond motifs is 1. The highest BCUT2D eigenvalue weighted by molar-refractivity contribution is 6.23. The summed E-state index contributed by atoms with van der Waals surface area (Å²) in [5, 5.41) is 2.17. The summed E-state index contributed by atoms with van der Waals surface area (Å²) in [5.74, 6) is -1.76. The monoisotopic (exact) mass is 457 g/mol. The molecule has 1 aromatic rings. The number of imide groups is 2. The number of ether oxygens (including phenoxy) is 2. The normalized spacial score (nSPS) is 24.7. The Morgan fingerprint density at radius 3 is 2.39 bits per heavy atom. The van der Waals surface area contributed by atoms with E-state index in [0.717, 1.165) is 4.90 Å². The van der Waals surface area contributed by atoms with E-state index in [2.05, 4.69) is 5.32 Å². The minimum atomic E-state index is -1.00. The van der Waals surface area contributed by atoms with E-state index in [-0.39, 0.29) is 42.2 Å². The molecule has 1 saturated heterocycles. The van der Waals surface area contributed by atoms with Gasteiger partial charge in [-0.1, -0.05) is 0 Å². The predicted octanol–water partition coefficient (Wildman–Crippen LogP) is 1.86. The fraction of sp³-hybridized carbons (Fsp3) is 0.522. The number of nitrogens with zero attached hydrogens (tertiary/aromatic N) is 2. The number of hydrogen-bond acceptors (Lipinski definition) is 7. The van der Waals surface area contributed by atoms with Crippen molar-refractivity contribution in [3.8, 4) is 5.75 Å². The van der Waals surface area contributed by atoms with E-state index in [1.54, 1.807) is 18.0 Å². The van der Waals surface area contributed by atoms with Crippen LogP contribution in [0.2, 0.25) is 0 Å². The van der Waals surface area contributed by atoms with Gasteiger partial charge >= 0.3 is 6.09 Å². The van der Waals surface area contributed by atoms with Gasteiger partial charge < -0.3 is 14.4 Å². The molecule has 1 unspecified atom stereocenters. The summed E-state index contributed by atoms with van der Waals surface area (Å²) < 4.78 is 11.3. The fourth-order valence-electron chi connectivity index (χ4n) is 4.15. The molecule has 10 heteroatoms. The summed E-state index contributed by atoms with van der Waals surface area (Å²) in [4.78, 5) is 63.9. The number of rotatable bonds is 4. The maximum absolute atomic E-state index is 12.9. The highest BCUT2D eigenvalue weighted by atomic mass is 16.6. The van der Waals surface area contributed by atoms with Crippen molar-refractivity contribution in [3.05, 3.63) is 29.3 Å². The van der Waals surface area contributed by atoms with Crippen LogP contribution in [0.25, 0.3) is 0 Å². The Balaban J connectivity index is 1.38. The minimum absolute atomic E-state index is 0.00879. The molecule has 5 amide bonds. The van der Waals surface area contributed by atoms with Crippen LogP contribution in [0, 0.1) is 0 Å². The summed E-state index contributed by atoms with van der Waals surface area (Å²) in [6, 6.07) is 3.62. The van der Waals surface area contributed by atoms with Crippen LogP contribution in [0.1, 0.15) is 67.2 Å². The first-order chi connectivity index (χ1) is 15.4. The first-order valence-corrected chi connectivity index (χ1v) is 10.9. The molecule has 2 aliphatic heterocycles. The highest BCUT2D eigenvalue weighted by Gasteiger charge is 2.45. The van der Waals surface area contributed by atoms with Crippen molar-refractivity contribution in [2.45, 2.75) is 70.2 Å². The molecule has 1 aromatic carbocycles. The number of amides is 5. The van der Waals surface area contributed by atoms with Crippen LogP contribution in [0.15, 0.2) is 18.2 Å². The van der Waals surface area contributed by atoms with Gasteiger partial charge in [-0.2, -0.15) is 0 Å². The molecular weight excluding hydrogens is 430 g/mol. The topological polar surface area (TPSA) is 122 Å². The Morgan fingerprint density at radius 1 is 1.09 bits per heavy atom. The molecule has 1 aliphatic carbocycles. The molecule has 4 rings (SSSR count). The van der Waals surface area contributed by atoms with Crippen molar-refractivity contribution in [2.75, 3.05) is 7.05 Å². The smallest absolute Gasteiger partial charge is 0.410 e. The molecule has 2 fully saturated rings. The van der Waals surface area contributed by atoms with Gasteiger partial charge in [-0.05, 0) is 45.4 Å². The molecule has 0 aromatic heterocycles. The van der Waals surface area contributed by atoms with Crippen LogP contribution in [0.4, 0.5) is 4.79 Å². The van der Waals surface area contributed by atoms with Crippen LogP contribution < -0.4 is 10.1 Å². The summed E-state index contributed by atoms with van der Waals surface area (Å²) in [5.41, 5.74) is -0.196. The molecule has 1 saturated carbocycles. The number of nitrogens with one attached hydrogen (secondary N) is 1. The molecule has 0 bridgehead atoms. The SMILES string of the molecule is CN(C(=O)OC(C)(C)C)[C@H]1C[C@H](Oc2ccc3c(c2)C(=O)N(C2CCC(=O)NC2=O)C3=O)C1. The first kappa shape index (κ1) is 22.8. The molecule has 2 heterocycles. The minimum Gasteiger partial charge on any atom is -0.490 e. The van der Waals surface area contributed by atoms with Gasteiger partial charge in [0.1, 0.15) is 23.5 Å². The van der Waals surface area contributed by atoms with E-state index in [1.807, 2.05) is 20.8 Å². The predicted molar refractivity (Wildman–Crippen MR) is 115 cm³/mol. The number of carbonyl (C=O) groups is 5. The second-order valence-corrected chi connectivity index (χ2v) is 9.61. The van der Waals surface area contributed by atoms with Gasteiger partial charge in [-0.3, -0.25) is 29.4 Å². The standard InChI is InChI=1S/C23H27N3O7/c1-23(2,3)33-22(31)25(4)12-9-14(10-12)32-13-5-6-15-16(11-13)21(30)26(20(15)29)17-7-8-18(27)24-19(17)28/h5-6,11-12,14,17H,7-10H2,1-4H3,(H,24,27,28)/t12-,14-,17?. The van der Waals surface area contributed by atoms with Crippen LogP contribution in [-0.4, -0.2) is 70.4 Å². The van der Waals surface area contributed by atoms with Crippen LogP contribution in [0.5, 0.6) is 5.75 Å². The molecule has 176 valence electrons. The molecule has 33 heavy (non-hydrogen) atoms. The maximum Gasteiger partial charge on any atom is 0.410 e. The second-order valence-electron chi connectivity index (χ2n) is 9.61. The van der Waals surface area contributed by atoms with E-state index < -0.39 is 35.3 Å². The lowest BCUT2D eigenvalue weighted by Crippen LogP contribution is -2.54. The molecule has 3 aliphatic rings. The largest absolute Gasteiger partial charge is 0.490 e. The van der Waals surface area contributed by atoms with E-state index in [4.69, 9.17) is 9.47 Å². The Labute approximate surface area is 191 Å². The summed E-state index contributed by atoms with van der Waals surface area (Å²) in [6.45, 7) is 5.44. The Bertz CT molecular complexity index is 1040. The van der Waals surface area contributed by atoms with Crippen molar-refractivity contribution in [1.82, 2.24) is 15.1 Å². The van der Waals surface area contributed by atoms with Crippen molar-refractivity contribution in [2.24, 2.45) is 0 Å². The average Bonchev–Trinajstić information content (AvgIpc) is 2.93. The number of piperidine rings is 1. The quantitative estimate of drug-likeness (QED) is 0.685. The van der Waals surface area contributed by atoms with Crippen LogP contribution in [0.3, 0.4) is 0 Å². The van der Waals surface area contributed by atoms with Gasteiger partial charge in [0.2, 0.25) is 11.8 Å². The van der Waals surface area contributed by atoms with Crippen LogP contribution >= 0.6 is 0 Å². The Morgan fingerprint density at radius 2 is 1.76 bits per heavy atom. The zero-order valence-corrected chi connectivity index (χ0v) is 19.0. The third-order valence-electron chi connectivity index (χ3n) is 6.01. The zero-order valence-electron chi connectivity index (χ0n) is 19.0. The molecule has 1 atom stereocenters. The van der Waals surface area contributed by atoms with E-state index in [9.17, 15) is 24.0 Å². The van der Waals surface area contributed by atoms with Crippen molar-refractivity contribution in [1.29, 1.82) is 0 Å². The van der Waals surface area contributed by atoms with Crippen LogP contribution in [-0.2, 0) is 14.3 Å². The third-order valence-corrected chi connectivity index (χ3v) is 6.01. The van der Waals surface area contributed by atoms with E-state index >= 15 is 0 Å². The summed E-state index contributed by atoms with van der Waals surface area (Å²) in [6.07, 6.45) is 0.870. The lowest BCUT2D eigenvalue weighted by atomic mass is 9.88. The number of benzene rings is 1. The van der Waals surface area contributed by atoms with Gasteiger partial charge in [0.25, 0.3) is 11.8 Å². The maximum atomic E-state index is 12.9. The first-order valence-electron chi connectivity index (χ1n) is 10.9. The lowest BCUT2D eigenvalue weighted by molar-refractivity contribution is -0.136. The number of hydrogen-bond donors (Lipinski definition) is 1. The zero-order chi connectivity index (χ0) is 24.1. The molecular formula is C23H27N3O7. The van der Waals surface area contributed by atoms with Gasteiger partial charge in [-0.15, -0.1) is 0 Å². The lowest BCUT2D eigenvalue weighted by Gasteiger charge is -2.41. The van der Waals surface area contributed by atoms with Crippen molar-refractivity contribution < 1.29 is 33.4 Å². The summed E-state index contributed by atoms with van der Waals surface area (Å²) >= 11 is 0. The Kier molecular flexibility index (Phi) is 5.63. The van der Waals surface area contributed by atoms with Gasteiger partial charge in [0, 0.05) is 32.4 Å². The fourth-order valence-corrected chi connectivity index (χ4v) is 4.15. The van der Waals surface area contributed by atoms with Gasteiger partial charge in [0.05, 0.1) is 11.1 Å². The van der Waals surface area contributed by atoms with E-state index in [0.29, 0.717) is 18.6 Å². The number of carbonyl (C=O) groups excluding carboxylic acids is 5. The average molecular weight is 457 g/mol. The Hall–Kier alpha value is -3.43.